The lowest BCUT2D eigenvalue weighted by Crippen LogP contribution is -2.16. The molecule has 3 nitrogen and oxygen atoms in total. The Bertz CT molecular complexity index is 514. The molecule has 1 heterocycles. The molecular weight excluding hydrogens is 246 g/mol. The molecule has 2 rings (SSSR count). The van der Waals surface area contributed by atoms with Gasteiger partial charge in [-0.05, 0) is 35.4 Å². The summed E-state index contributed by atoms with van der Waals surface area (Å²) in [5.74, 6) is 0. The number of nitrogens with two attached hydrogens (primary N) is 1. The second-order valence-electron chi connectivity index (χ2n) is 4.20. The zero-order valence-corrected chi connectivity index (χ0v) is 11.1. The van der Waals surface area contributed by atoms with Gasteiger partial charge in [0.25, 0.3) is 0 Å². The van der Waals surface area contributed by atoms with E-state index in [1.54, 1.807) is 12.4 Å². The highest BCUT2D eigenvalue weighted by Crippen LogP contribution is 2.27. The maximum atomic E-state index is 6.26. The van der Waals surface area contributed by atoms with Gasteiger partial charge in [0.15, 0.2) is 0 Å². The molecule has 0 amide bonds. The first-order valence-electron chi connectivity index (χ1n) is 5.79. The minimum absolute atomic E-state index is 0.508. The number of pyridine rings is 1. The quantitative estimate of drug-likeness (QED) is 0.920. The van der Waals surface area contributed by atoms with Crippen molar-refractivity contribution in [1.82, 2.24) is 4.98 Å². The van der Waals surface area contributed by atoms with Crippen LogP contribution in [0.4, 0.5) is 5.69 Å². The average Bonchev–Trinajstić information content (AvgIpc) is 2.39. The monoisotopic (exact) mass is 261 g/mol. The molecule has 0 fully saturated rings. The van der Waals surface area contributed by atoms with Gasteiger partial charge in [-0.15, -0.1) is 0 Å². The summed E-state index contributed by atoms with van der Waals surface area (Å²) in [5, 5.41) is 0.731. The highest BCUT2D eigenvalue weighted by atomic mass is 35.5. The van der Waals surface area contributed by atoms with Crippen molar-refractivity contribution in [1.29, 1.82) is 0 Å². The third-order valence-corrected chi connectivity index (χ3v) is 3.13. The molecule has 0 spiro atoms. The summed E-state index contributed by atoms with van der Waals surface area (Å²) in [7, 11) is 2.02. The Morgan fingerprint density at radius 1 is 1.17 bits per heavy atom. The average molecular weight is 262 g/mol. The largest absolute Gasteiger partial charge is 0.369 e. The minimum Gasteiger partial charge on any atom is -0.369 e. The Labute approximate surface area is 112 Å². The van der Waals surface area contributed by atoms with Crippen LogP contribution in [0.25, 0.3) is 0 Å². The van der Waals surface area contributed by atoms with E-state index >= 15 is 0 Å². The Balaban J connectivity index is 2.16. The SMILES string of the molecule is CN(Cc1ccncc1)c1ccc(CN)cc1Cl. The topological polar surface area (TPSA) is 42.2 Å². The Kier molecular flexibility index (Phi) is 4.18. The molecule has 0 aliphatic carbocycles. The molecule has 0 aliphatic rings. The van der Waals surface area contributed by atoms with Gasteiger partial charge >= 0.3 is 0 Å². The molecule has 1 aromatic heterocycles. The van der Waals surface area contributed by atoms with Crippen LogP contribution in [-0.2, 0) is 13.1 Å². The van der Waals surface area contributed by atoms with E-state index in [4.69, 9.17) is 17.3 Å². The van der Waals surface area contributed by atoms with Crippen molar-refractivity contribution >= 4 is 17.3 Å². The minimum atomic E-state index is 0.508. The maximum absolute atomic E-state index is 6.26. The van der Waals surface area contributed by atoms with Crippen molar-refractivity contribution in [3.63, 3.8) is 0 Å². The molecular formula is C14H16ClN3. The molecule has 1 aromatic carbocycles. The van der Waals surface area contributed by atoms with Gasteiger partial charge in [0.05, 0.1) is 10.7 Å². The van der Waals surface area contributed by atoms with Gasteiger partial charge in [-0.2, -0.15) is 0 Å². The summed E-state index contributed by atoms with van der Waals surface area (Å²) in [6.07, 6.45) is 3.59. The normalized spacial score (nSPS) is 10.4. The second kappa shape index (κ2) is 5.85. The molecule has 0 saturated heterocycles. The molecule has 0 radical (unpaired) electrons. The smallest absolute Gasteiger partial charge is 0.0642 e. The number of aromatic nitrogens is 1. The second-order valence-corrected chi connectivity index (χ2v) is 4.61. The first-order chi connectivity index (χ1) is 8.70. The molecule has 18 heavy (non-hydrogen) atoms. The van der Waals surface area contributed by atoms with Gasteiger partial charge in [0.1, 0.15) is 0 Å². The summed E-state index contributed by atoms with van der Waals surface area (Å²) in [6.45, 7) is 1.30. The molecule has 94 valence electrons. The van der Waals surface area contributed by atoms with Crippen molar-refractivity contribution < 1.29 is 0 Å². The lowest BCUT2D eigenvalue weighted by molar-refractivity contribution is 0.918. The predicted octanol–water partition coefficient (Wildman–Crippen LogP) is 2.83. The lowest BCUT2D eigenvalue weighted by Gasteiger charge is -2.21. The molecule has 0 saturated carbocycles. The van der Waals surface area contributed by atoms with Gasteiger partial charge in [-0.1, -0.05) is 17.7 Å². The van der Waals surface area contributed by atoms with E-state index in [1.807, 2.05) is 37.4 Å². The van der Waals surface area contributed by atoms with Crippen molar-refractivity contribution in [3.05, 3.63) is 58.9 Å². The van der Waals surface area contributed by atoms with Crippen LogP contribution in [0.1, 0.15) is 11.1 Å². The van der Waals surface area contributed by atoms with E-state index in [1.165, 1.54) is 5.56 Å². The highest BCUT2D eigenvalue weighted by molar-refractivity contribution is 6.33. The molecule has 0 bridgehead atoms. The first-order valence-corrected chi connectivity index (χ1v) is 6.17. The standard InChI is InChI=1S/C14H16ClN3/c1-18(10-11-4-6-17-7-5-11)14-3-2-12(9-16)8-13(14)15/h2-8H,9-10,16H2,1H3. The zero-order valence-electron chi connectivity index (χ0n) is 10.3. The summed E-state index contributed by atoms with van der Waals surface area (Å²) >= 11 is 6.26. The summed E-state index contributed by atoms with van der Waals surface area (Å²) in [4.78, 5) is 6.12. The number of hydrogen-bond donors (Lipinski definition) is 1. The van der Waals surface area contributed by atoms with Crippen LogP contribution in [0.5, 0.6) is 0 Å². The van der Waals surface area contributed by atoms with Gasteiger partial charge < -0.3 is 10.6 Å². The summed E-state index contributed by atoms with van der Waals surface area (Å²) in [6, 6.07) is 9.92. The van der Waals surface area contributed by atoms with E-state index in [-0.39, 0.29) is 0 Å². The fourth-order valence-corrected chi connectivity index (χ4v) is 2.18. The van der Waals surface area contributed by atoms with Gasteiger partial charge in [0.2, 0.25) is 0 Å². The third kappa shape index (κ3) is 3.00. The number of hydrogen-bond acceptors (Lipinski definition) is 3. The van der Waals surface area contributed by atoms with Gasteiger partial charge in [0, 0.05) is 32.5 Å². The van der Waals surface area contributed by atoms with E-state index in [2.05, 4.69) is 9.88 Å². The van der Waals surface area contributed by atoms with Crippen LogP contribution in [0, 0.1) is 0 Å². The van der Waals surface area contributed by atoms with Gasteiger partial charge in [-0.3, -0.25) is 4.98 Å². The summed E-state index contributed by atoms with van der Waals surface area (Å²) < 4.78 is 0. The van der Waals surface area contributed by atoms with Crippen LogP contribution in [-0.4, -0.2) is 12.0 Å². The molecule has 4 heteroatoms. The number of halogens is 1. The first kappa shape index (κ1) is 12.9. The van der Waals surface area contributed by atoms with E-state index in [9.17, 15) is 0 Å². The Hall–Kier alpha value is -1.58. The predicted molar refractivity (Wildman–Crippen MR) is 75.7 cm³/mol. The number of rotatable bonds is 4. The van der Waals surface area contributed by atoms with Crippen LogP contribution >= 0.6 is 11.6 Å². The lowest BCUT2D eigenvalue weighted by atomic mass is 10.2. The van der Waals surface area contributed by atoms with Crippen molar-refractivity contribution in [2.75, 3.05) is 11.9 Å². The molecule has 0 unspecified atom stereocenters. The Morgan fingerprint density at radius 2 is 1.89 bits per heavy atom. The number of benzene rings is 1. The Morgan fingerprint density at radius 3 is 2.50 bits per heavy atom. The molecule has 2 N–H and O–H groups in total. The van der Waals surface area contributed by atoms with Crippen molar-refractivity contribution in [2.45, 2.75) is 13.1 Å². The fraction of sp³-hybridized carbons (Fsp3) is 0.214. The maximum Gasteiger partial charge on any atom is 0.0642 e. The number of nitrogens with zero attached hydrogens (tertiary/aromatic N) is 2. The molecule has 2 aromatic rings. The van der Waals surface area contributed by atoms with Crippen LogP contribution in [0.15, 0.2) is 42.7 Å². The van der Waals surface area contributed by atoms with E-state index < -0.39 is 0 Å². The highest BCUT2D eigenvalue weighted by Gasteiger charge is 2.07. The number of anilines is 1. The van der Waals surface area contributed by atoms with Crippen LogP contribution in [0.2, 0.25) is 5.02 Å². The van der Waals surface area contributed by atoms with Gasteiger partial charge in [-0.25, -0.2) is 0 Å². The third-order valence-electron chi connectivity index (χ3n) is 2.83. The van der Waals surface area contributed by atoms with E-state index in [0.717, 1.165) is 22.8 Å². The zero-order chi connectivity index (χ0) is 13.0. The van der Waals surface area contributed by atoms with E-state index in [0.29, 0.717) is 6.54 Å². The molecule has 0 aliphatic heterocycles. The van der Waals surface area contributed by atoms with Crippen molar-refractivity contribution in [3.8, 4) is 0 Å². The van der Waals surface area contributed by atoms with Crippen LogP contribution < -0.4 is 10.6 Å². The fourth-order valence-electron chi connectivity index (χ4n) is 1.83. The van der Waals surface area contributed by atoms with Crippen LogP contribution in [0.3, 0.4) is 0 Å². The molecule has 0 atom stereocenters. The van der Waals surface area contributed by atoms with Crippen molar-refractivity contribution in [2.24, 2.45) is 5.73 Å². The summed E-state index contributed by atoms with van der Waals surface area (Å²) in [5.41, 5.74) is 8.84.